The lowest BCUT2D eigenvalue weighted by atomic mass is 10.1. The first-order valence-electron chi connectivity index (χ1n) is 5.58. The molecule has 1 aromatic rings. The molecule has 0 aromatic heterocycles. The Hall–Kier alpha value is -1.38. The summed E-state index contributed by atoms with van der Waals surface area (Å²) in [5.74, 6) is -0.0677. The topological polar surface area (TPSA) is 53.3 Å². The van der Waals surface area contributed by atoms with Gasteiger partial charge in [0.2, 0.25) is 0 Å². The van der Waals surface area contributed by atoms with E-state index < -0.39 is 0 Å². The van der Waals surface area contributed by atoms with Gasteiger partial charge in [-0.15, -0.1) is 0 Å². The number of rotatable bonds is 6. The van der Waals surface area contributed by atoms with E-state index in [1.54, 1.807) is 36.2 Å². The van der Waals surface area contributed by atoms with Gasteiger partial charge in [0.15, 0.2) is 0 Å². The number of carbonyl (C=O) groups is 1. The summed E-state index contributed by atoms with van der Waals surface area (Å²) >= 11 is 3.26. The van der Waals surface area contributed by atoms with Crippen LogP contribution in [0.3, 0.4) is 0 Å². The molecule has 0 aliphatic rings. The first-order chi connectivity index (χ1) is 8.69. The number of halogens is 1. The van der Waals surface area contributed by atoms with Crippen molar-refractivity contribution in [1.29, 1.82) is 5.26 Å². The zero-order chi connectivity index (χ0) is 13.4. The third kappa shape index (κ3) is 4.47. The van der Waals surface area contributed by atoms with Crippen molar-refractivity contribution < 1.29 is 9.53 Å². The quantitative estimate of drug-likeness (QED) is 0.597. The summed E-state index contributed by atoms with van der Waals surface area (Å²) in [6, 6.07) is 8.63. The highest BCUT2D eigenvalue weighted by molar-refractivity contribution is 9.09. The second kappa shape index (κ2) is 7.85. The monoisotopic (exact) mass is 310 g/mol. The van der Waals surface area contributed by atoms with Crippen molar-refractivity contribution in [2.24, 2.45) is 0 Å². The van der Waals surface area contributed by atoms with E-state index in [0.29, 0.717) is 30.9 Å². The van der Waals surface area contributed by atoms with Crippen LogP contribution >= 0.6 is 15.9 Å². The van der Waals surface area contributed by atoms with Crippen molar-refractivity contribution in [2.75, 3.05) is 32.1 Å². The van der Waals surface area contributed by atoms with Crippen LogP contribution in [0, 0.1) is 11.3 Å². The van der Waals surface area contributed by atoms with Gasteiger partial charge in [0.25, 0.3) is 5.91 Å². The Morgan fingerprint density at radius 1 is 1.39 bits per heavy atom. The van der Waals surface area contributed by atoms with Gasteiger partial charge in [0.1, 0.15) is 0 Å². The van der Waals surface area contributed by atoms with E-state index in [-0.39, 0.29) is 5.91 Å². The summed E-state index contributed by atoms with van der Waals surface area (Å²) in [4.78, 5) is 13.6. The maximum Gasteiger partial charge on any atom is 0.253 e. The van der Waals surface area contributed by atoms with E-state index in [0.717, 1.165) is 5.33 Å². The highest BCUT2D eigenvalue weighted by Gasteiger charge is 2.10. The van der Waals surface area contributed by atoms with Crippen LogP contribution in [0.25, 0.3) is 0 Å². The van der Waals surface area contributed by atoms with Crippen LogP contribution in [-0.2, 0) is 4.74 Å². The highest BCUT2D eigenvalue weighted by Crippen LogP contribution is 2.06. The fourth-order valence-corrected chi connectivity index (χ4v) is 1.60. The van der Waals surface area contributed by atoms with E-state index in [9.17, 15) is 4.79 Å². The van der Waals surface area contributed by atoms with Crippen molar-refractivity contribution in [1.82, 2.24) is 4.90 Å². The van der Waals surface area contributed by atoms with Gasteiger partial charge in [-0.25, -0.2) is 0 Å². The fourth-order valence-electron chi connectivity index (χ4n) is 1.37. The lowest BCUT2D eigenvalue weighted by Gasteiger charge is -2.17. The van der Waals surface area contributed by atoms with Crippen molar-refractivity contribution in [3.8, 4) is 6.07 Å². The molecule has 0 atom stereocenters. The maximum atomic E-state index is 12.0. The number of hydrogen-bond donors (Lipinski definition) is 0. The van der Waals surface area contributed by atoms with Gasteiger partial charge in [-0.05, 0) is 24.3 Å². The number of hydrogen-bond acceptors (Lipinski definition) is 3. The maximum absolute atomic E-state index is 12.0. The summed E-state index contributed by atoms with van der Waals surface area (Å²) in [6.07, 6.45) is 0. The molecular weight excluding hydrogens is 296 g/mol. The Balaban J connectivity index is 2.49. The Morgan fingerprint density at radius 2 is 2.06 bits per heavy atom. The van der Waals surface area contributed by atoms with Crippen LogP contribution in [0.4, 0.5) is 0 Å². The number of amides is 1. The van der Waals surface area contributed by atoms with E-state index in [1.165, 1.54) is 0 Å². The highest BCUT2D eigenvalue weighted by atomic mass is 79.9. The van der Waals surface area contributed by atoms with Crippen LogP contribution in [0.5, 0.6) is 0 Å². The molecule has 0 spiro atoms. The number of alkyl halides is 1. The summed E-state index contributed by atoms with van der Waals surface area (Å²) < 4.78 is 5.29. The molecule has 0 unspecified atom stereocenters. The molecular formula is C13H15BrN2O2. The van der Waals surface area contributed by atoms with Gasteiger partial charge >= 0.3 is 0 Å². The standard InChI is InChI=1S/C13H15BrN2O2/c1-16(7-9-18-8-6-14)13(17)12-4-2-11(10-15)3-5-12/h2-5H,6-9H2,1H3. The third-order valence-electron chi connectivity index (χ3n) is 2.40. The molecule has 0 saturated carbocycles. The molecule has 1 aromatic carbocycles. The smallest absolute Gasteiger partial charge is 0.253 e. The minimum absolute atomic E-state index is 0.0677. The molecule has 0 aliphatic heterocycles. The molecule has 0 fully saturated rings. The first kappa shape index (κ1) is 14.7. The molecule has 96 valence electrons. The van der Waals surface area contributed by atoms with Crippen molar-refractivity contribution in [2.45, 2.75) is 0 Å². The summed E-state index contributed by atoms with van der Waals surface area (Å²) in [5.41, 5.74) is 1.13. The zero-order valence-corrected chi connectivity index (χ0v) is 11.8. The number of likely N-dealkylation sites (N-methyl/N-ethyl adjacent to an activating group) is 1. The van der Waals surface area contributed by atoms with Gasteiger partial charge < -0.3 is 9.64 Å². The minimum Gasteiger partial charge on any atom is -0.379 e. The fraction of sp³-hybridized carbons (Fsp3) is 0.385. The molecule has 0 bridgehead atoms. The Morgan fingerprint density at radius 3 is 2.61 bits per heavy atom. The van der Waals surface area contributed by atoms with Crippen LogP contribution < -0.4 is 0 Å². The molecule has 0 aliphatic carbocycles. The van der Waals surface area contributed by atoms with Gasteiger partial charge in [0, 0.05) is 24.5 Å². The van der Waals surface area contributed by atoms with Crippen molar-refractivity contribution in [3.63, 3.8) is 0 Å². The van der Waals surface area contributed by atoms with Crippen molar-refractivity contribution in [3.05, 3.63) is 35.4 Å². The summed E-state index contributed by atoms with van der Waals surface area (Å²) in [7, 11) is 1.73. The van der Waals surface area contributed by atoms with E-state index in [2.05, 4.69) is 15.9 Å². The Kier molecular flexibility index (Phi) is 6.40. The van der Waals surface area contributed by atoms with Gasteiger partial charge in [-0.2, -0.15) is 5.26 Å². The summed E-state index contributed by atoms with van der Waals surface area (Å²) in [6.45, 7) is 1.70. The number of ether oxygens (including phenoxy) is 1. The predicted octanol–water partition coefficient (Wildman–Crippen LogP) is 2.04. The van der Waals surface area contributed by atoms with Crippen LogP contribution in [0.1, 0.15) is 15.9 Å². The number of nitrogens with zero attached hydrogens (tertiary/aromatic N) is 2. The lowest BCUT2D eigenvalue weighted by molar-refractivity contribution is 0.0713. The minimum atomic E-state index is -0.0677. The molecule has 0 saturated heterocycles. The average molecular weight is 311 g/mol. The second-order valence-corrected chi connectivity index (χ2v) is 4.51. The third-order valence-corrected chi connectivity index (χ3v) is 2.72. The number of carbonyl (C=O) groups excluding carboxylic acids is 1. The normalized spacial score (nSPS) is 9.83. The van der Waals surface area contributed by atoms with Gasteiger partial charge in [0.05, 0.1) is 24.8 Å². The molecule has 0 N–H and O–H groups in total. The average Bonchev–Trinajstić information content (AvgIpc) is 2.42. The molecule has 4 nitrogen and oxygen atoms in total. The van der Waals surface area contributed by atoms with E-state index in [1.807, 2.05) is 6.07 Å². The van der Waals surface area contributed by atoms with Crippen LogP contribution in [0.2, 0.25) is 0 Å². The Labute approximate surface area is 115 Å². The lowest BCUT2D eigenvalue weighted by Crippen LogP contribution is -2.30. The first-order valence-corrected chi connectivity index (χ1v) is 6.70. The molecule has 5 heteroatoms. The van der Waals surface area contributed by atoms with Crippen LogP contribution in [0.15, 0.2) is 24.3 Å². The largest absolute Gasteiger partial charge is 0.379 e. The van der Waals surface area contributed by atoms with E-state index >= 15 is 0 Å². The molecule has 18 heavy (non-hydrogen) atoms. The SMILES string of the molecule is CN(CCOCCBr)C(=O)c1ccc(C#N)cc1. The molecule has 0 heterocycles. The Bertz CT molecular complexity index is 426. The second-order valence-electron chi connectivity index (χ2n) is 3.72. The van der Waals surface area contributed by atoms with Crippen molar-refractivity contribution >= 4 is 21.8 Å². The van der Waals surface area contributed by atoms with Gasteiger partial charge in [-0.3, -0.25) is 4.79 Å². The number of nitriles is 1. The molecule has 1 rings (SSSR count). The molecule has 1 amide bonds. The number of benzene rings is 1. The molecule has 0 radical (unpaired) electrons. The zero-order valence-electron chi connectivity index (χ0n) is 10.2. The van der Waals surface area contributed by atoms with Gasteiger partial charge in [-0.1, -0.05) is 15.9 Å². The van der Waals surface area contributed by atoms with E-state index in [4.69, 9.17) is 10.00 Å². The predicted molar refractivity (Wildman–Crippen MR) is 72.7 cm³/mol. The van der Waals surface area contributed by atoms with Crippen LogP contribution in [-0.4, -0.2) is 42.9 Å². The summed E-state index contributed by atoms with van der Waals surface area (Å²) in [5, 5.41) is 9.47.